The highest BCUT2D eigenvalue weighted by Crippen LogP contribution is 2.19. The van der Waals surface area contributed by atoms with Gasteiger partial charge in [-0.2, -0.15) is 0 Å². The van der Waals surface area contributed by atoms with Gasteiger partial charge in [0.25, 0.3) is 5.91 Å². The molecule has 6 heteroatoms. The first-order valence-corrected chi connectivity index (χ1v) is 6.29. The van der Waals surface area contributed by atoms with Crippen molar-refractivity contribution >= 4 is 5.91 Å². The number of benzene rings is 1. The van der Waals surface area contributed by atoms with E-state index in [4.69, 9.17) is 0 Å². The first kappa shape index (κ1) is 12.8. The first-order valence-electron chi connectivity index (χ1n) is 6.29. The average molecular weight is 277 g/mol. The van der Waals surface area contributed by atoms with Crippen molar-refractivity contribution in [1.82, 2.24) is 14.5 Å². The Bertz CT molecular complexity index is 681. The number of imidazole rings is 1. The number of hydrogen-bond donors (Lipinski definition) is 0. The number of aryl methyl sites for hydroxylation is 1. The van der Waals surface area contributed by atoms with Gasteiger partial charge in [-0.3, -0.25) is 4.79 Å². The molecule has 0 fully saturated rings. The van der Waals surface area contributed by atoms with Gasteiger partial charge in [-0.25, -0.2) is 13.8 Å². The summed E-state index contributed by atoms with van der Waals surface area (Å²) in [6.07, 6.45) is 2.39. The molecule has 1 aliphatic rings. The molecule has 4 nitrogen and oxygen atoms in total. The van der Waals surface area contributed by atoms with Gasteiger partial charge < -0.3 is 9.47 Å². The summed E-state index contributed by atoms with van der Waals surface area (Å²) in [6.45, 7) is 0.964. The van der Waals surface area contributed by atoms with Gasteiger partial charge in [-0.1, -0.05) is 0 Å². The second-order valence-corrected chi connectivity index (χ2v) is 4.85. The Morgan fingerprint density at radius 3 is 2.85 bits per heavy atom. The number of fused-ring (bicyclic) bond motifs is 1. The SMILES string of the molecule is Cn1cnc2c1CN(C(=O)c1ccc(F)c(F)c1)CC2. The molecule has 0 saturated heterocycles. The zero-order chi connectivity index (χ0) is 14.3. The van der Waals surface area contributed by atoms with Crippen LogP contribution in [0, 0.1) is 11.6 Å². The summed E-state index contributed by atoms with van der Waals surface area (Å²) in [5.41, 5.74) is 2.13. The molecule has 1 aromatic heterocycles. The molecule has 0 unspecified atom stereocenters. The summed E-state index contributed by atoms with van der Waals surface area (Å²) < 4.78 is 28.0. The highest BCUT2D eigenvalue weighted by Gasteiger charge is 2.24. The fourth-order valence-corrected chi connectivity index (χ4v) is 2.40. The van der Waals surface area contributed by atoms with Crippen molar-refractivity contribution in [2.24, 2.45) is 7.05 Å². The van der Waals surface area contributed by atoms with Crippen molar-refractivity contribution in [3.63, 3.8) is 0 Å². The Labute approximate surface area is 114 Å². The smallest absolute Gasteiger partial charge is 0.254 e. The summed E-state index contributed by atoms with van der Waals surface area (Å²) in [7, 11) is 1.87. The number of nitrogens with zero attached hydrogens (tertiary/aromatic N) is 3. The van der Waals surface area contributed by atoms with E-state index in [0.29, 0.717) is 19.5 Å². The van der Waals surface area contributed by atoms with E-state index in [0.717, 1.165) is 23.5 Å². The number of hydrogen-bond acceptors (Lipinski definition) is 2. The van der Waals surface area contributed by atoms with Gasteiger partial charge in [0.2, 0.25) is 0 Å². The molecule has 0 radical (unpaired) electrons. The minimum atomic E-state index is -1.01. The maximum atomic E-state index is 13.2. The molecule has 2 heterocycles. The highest BCUT2D eigenvalue weighted by molar-refractivity contribution is 5.94. The van der Waals surface area contributed by atoms with Crippen LogP contribution in [-0.2, 0) is 20.0 Å². The Morgan fingerprint density at radius 1 is 1.30 bits per heavy atom. The summed E-state index contributed by atoms with van der Waals surface area (Å²) >= 11 is 0. The summed E-state index contributed by atoms with van der Waals surface area (Å²) in [5.74, 6) is -2.25. The number of carbonyl (C=O) groups excluding carboxylic acids is 1. The van der Waals surface area contributed by atoms with Gasteiger partial charge >= 0.3 is 0 Å². The Morgan fingerprint density at radius 2 is 2.10 bits per heavy atom. The van der Waals surface area contributed by atoms with E-state index in [9.17, 15) is 13.6 Å². The molecule has 1 aliphatic heterocycles. The molecule has 104 valence electrons. The number of aromatic nitrogens is 2. The van der Waals surface area contributed by atoms with E-state index in [-0.39, 0.29) is 11.5 Å². The van der Waals surface area contributed by atoms with E-state index in [1.807, 2.05) is 11.6 Å². The van der Waals surface area contributed by atoms with Crippen LogP contribution < -0.4 is 0 Å². The van der Waals surface area contributed by atoms with Gasteiger partial charge in [-0.15, -0.1) is 0 Å². The molecule has 2 aromatic rings. The lowest BCUT2D eigenvalue weighted by atomic mass is 10.1. The van der Waals surface area contributed by atoms with Crippen molar-refractivity contribution in [3.8, 4) is 0 Å². The molecule has 0 atom stereocenters. The van der Waals surface area contributed by atoms with Gasteiger partial charge in [0.1, 0.15) is 0 Å². The largest absolute Gasteiger partial charge is 0.336 e. The number of halogens is 2. The fourth-order valence-electron chi connectivity index (χ4n) is 2.40. The van der Waals surface area contributed by atoms with E-state index in [2.05, 4.69) is 4.98 Å². The fraction of sp³-hybridized carbons (Fsp3) is 0.286. The lowest BCUT2D eigenvalue weighted by molar-refractivity contribution is 0.0729. The lowest BCUT2D eigenvalue weighted by Crippen LogP contribution is -2.36. The van der Waals surface area contributed by atoms with E-state index in [1.165, 1.54) is 6.07 Å². The number of carbonyl (C=O) groups is 1. The molecule has 3 rings (SSSR count). The molecule has 20 heavy (non-hydrogen) atoms. The molecule has 0 saturated carbocycles. The van der Waals surface area contributed by atoms with E-state index < -0.39 is 11.6 Å². The minimum absolute atomic E-state index is 0.162. The standard InChI is InChI=1S/C14H13F2N3O/c1-18-8-17-12-4-5-19(7-13(12)18)14(20)9-2-3-10(15)11(16)6-9/h2-3,6,8H,4-5,7H2,1H3. The van der Waals surface area contributed by atoms with Crippen molar-refractivity contribution in [1.29, 1.82) is 0 Å². The molecule has 0 N–H and O–H groups in total. The molecule has 0 bridgehead atoms. The molecule has 1 aromatic carbocycles. The van der Waals surface area contributed by atoms with Crippen LogP contribution in [0.15, 0.2) is 24.5 Å². The van der Waals surface area contributed by atoms with Crippen molar-refractivity contribution < 1.29 is 13.6 Å². The van der Waals surface area contributed by atoms with E-state index in [1.54, 1.807) is 11.2 Å². The van der Waals surface area contributed by atoms with Crippen molar-refractivity contribution in [2.45, 2.75) is 13.0 Å². The topological polar surface area (TPSA) is 38.1 Å². The number of rotatable bonds is 1. The third-order valence-corrected chi connectivity index (χ3v) is 3.56. The Hall–Kier alpha value is -2.24. The predicted octanol–water partition coefficient (Wildman–Crippen LogP) is 1.90. The summed E-state index contributed by atoms with van der Waals surface area (Å²) in [5, 5.41) is 0. The molecular weight excluding hydrogens is 264 g/mol. The zero-order valence-electron chi connectivity index (χ0n) is 10.9. The predicted molar refractivity (Wildman–Crippen MR) is 68.0 cm³/mol. The monoisotopic (exact) mass is 277 g/mol. The van der Waals surface area contributed by atoms with Crippen LogP contribution >= 0.6 is 0 Å². The Balaban J connectivity index is 1.85. The van der Waals surface area contributed by atoms with Crippen LogP contribution in [0.3, 0.4) is 0 Å². The first-order chi connectivity index (χ1) is 9.56. The molecule has 0 aliphatic carbocycles. The molecule has 1 amide bonds. The highest BCUT2D eigenvalue weighted by atomic mass is 19.2. The second-order valence-electron chi connectivity index (χ2n) is 4.85. The maximum absolute atomic E-state index is 13.2. The second kappa shape index (κ2) is 4.70. The Kier molecular flexibility index (Phi) is 3.00. The van der Waals surface area contributed by atoms with Gasteiger partial charge in [-0.05, 0) is 18.2 Å². The third-order valence-electron chi connectivity index (χ3n) is 3.56. The van der Waals surface area contributed by atoms with Crippen LogP contribution in [0.25, 0.3) is 0 Å². The summed E-state index contributed by atoms with van der Waals surface area (Å²) in [6, 6.07) is 3.22. The zero-order valence-corrected chi connectivity index (χ0v) is 10.9. The van der Waals surface area contributed by atoms with Gasteiger partial charge in [0, 0.05) is 25.6 Å². The van der Waals surface area contributed by atoms with Crippen LogP contribution in [-0.4, -0.2) is 26.9 Å². The van der Waals surface area contributed by atoms with Crippen LogP contribution in [0.2, 0.25) is 0 Å². The number of amides is 1. The quantitative estimate of drug-likeness (QED) is 0.798. The van der Waals surface area contributed by atoms with Crippen molar-refractivity contribution in [2.75, 3.05) is 6.54 Å². The third kappa shape index (κ3) is 2.07. The average Bonchev–Trinajstić information content (AvgIpc) is 2.82. The normalized spacial score (nSPS) is 14.2. The lowest BCUT2D eigenvalue weighted by Gasteiger charge is -2.27. The van der Waals surface area contributed by atoms with Crippen LogP contribution in [0.4, 0.5) is 8.78 Å². The molecule has 0 spiro atoms. The van der Waals surface area contributed by atoms with Gasteiger partial charge in [0.15, 0.2) is 11.6 Å². The van der Waals surface area contributed by atoms with Crippen molar-refractivity contribution in [3.05, 3.63) is 53.1 Å². The van der Waals surface area contributed by atoms with E-state index >= 15 is 0 Å². The molecular formula is C14H13F2N3O. The maximum Gasteiger partial charge on any atom is 0.254 e. The summed E-state index contributed by atoms with van der Waals surface area (Å²) in [4.78, 5) is 18.2. The van der Waals surface area contributed by atoms with Crippen LogP contribution in [0.1, 0.15) is 21.7 Å². The minimum Gasteiger partial charge on any atom is -0.336 e. The van der Waals surface area contributed by atoms with Crippen LogP contribution in [0.5, 0.6) is 0 Å². The van der Waals surface area contributed by atoms with Gasteiger partial charge in [0.05, 0.1) is 24.3 Å².